The van der Waals surface area contributed by atoms with E-state index in [4.69, 9.17) is 9.72 Å². The Morgan fingerprint density at radius 2 is 2.06 bits per heavy atom. The van der Waals surface area contributed by atoms with Crippen LogP contribution in [-0.4, -0.2) is 23.5 Å². The molecule has 1 amide bonds. The number of pyridine rings is 1. The number of carbonyl (C=O) groups excluding carboxylic acids is 2. The van der Waals surface area contributed by atoms with Crippen LogP contribution in [0.3, 0.4) is 0 Å². The van der Waals surface area contributed by atoms with Crippen molar-refractivity contribution < 1.29 is 14.3 Å². The first-order valence-electron chi connectivity index (χ1n) is 11.6. The monoisotopic (exact) mass is 490 g/mol. The molecular formula is C27H26N2O3S2. The first-order valence-corrected chi connectivity index (χ1v) is 13.3. The third kappa shape index (κ3) is 4.38. The molecule has 34 heavy (non-hydrogen) atoms. The average molecular weight is 491 g/mol. The summed E-state index contributed by atoms with van der Waals surface area (Å²) in [5.41, 5.74) is 3.65. The maximum Gasteiger partial charge on any atom is 0.341 e. The molecule has 1 N–H and O–H groups in total. The number of amides is 1. The molecule has 0 aliphatic heterocycles. The fourth-order valence-corrected chi connectivity index (χ4v) is 6.49. The molecule has 174 valence electrons. The molecule has 3 heterocycles. The van der Waals surface area contributed by atoms with E-state index in [1.807, 2.05) is 54.8 Å². The van der Waals surface area contributed by atoms with Gasteiger partial charge in [-0.3, -0.25) is 4.79 Å². The lowest BCUT2D eigenvalue weighted by Gasteiger charge is -2.18. The summed E-state index contributed by atoms with van der Waals surface area (Å²) in [5, 5.41) is 6.44. The van der Waals surface area contributed by atoms with Gasteiger partial charge in [0.15, 0.2) is 0 Å². The highest BCUT2D eigenvalue weighted by Gasteiger charge is 2.29. The van der Waals surface area contributed by atoms with E-state index in [1.165, 1.54) is 16.2 Å². The van der Waals surface area contributed by atoms with E-state index in [0.717, 1.165) is 52.7 Å². The minimum Gasteiger partial charge on any atom is -0.462 e. The van der Waals surface area contributed by atoms with Crippen molar-refractivity contribution in [1.29, 1.82) is 0 Å². The molecule has 0 saturated carbocycles. The second kappa shape index (κ2) is 9.68. The molecule has 1 aliphatic rings. The molecule has 1 atom stereocenters. The minimum absolute atomic E-state index is 0.243. The molecular weight excluding hydrogens is 464 g/mol. The predicted octanol–water partition coefficient (Wildman–Crippen LogP) is 6.97. The van der Waals surface area contributed by atoms with Gasteiger partial charge in [-0.15, -0.1) is 22.7 Å². The lowest BCUT2D eigenvalue weighted by atomic mass is 9.88. The zero-order chi connectivity index (χ0) is 23.7. The van der Waals surface area contributed by atoms with E-state index < -0.39 is 0 Å². The van der Waals surface area contributed by atoms with Crippen LogP contribution < -0.4 is 5.32 Å². The van der Waals surface area contributed by atoms with Crippen molar-refractivity contribution >= 4 is 50.5 Å². The average Bonchev–Trinajstić information content (AvgIpc) is 3.49. The molecule has 0 spiro atoms. The Balaban J connectivity index is 1.55. The smallest absolute Gasteiger partial charge is 0.341 e. The molecule has 0 saturated heterocycles. The second-order valence-corrected chi connectivity index (χ2v) is 10.7. The third-order valence-corrected chi connectivity index (χ3v) is 8.18. The quantitative estimate of drug-likeness (QED) is 0.296. The van der Waals surface area contributed by atoms with Crippen LogP contribution in [0.15, 0.2) is 47.8 Å². The summed E-state index contributed by atoms with van der Waals surface area (Å²) < 4.78 is 5.50. The molecule has 0 radical (unpaired) electrons. The number of thiophene rings is 2. The van der Waals surface area contributed by atoms with Gasteiger partial charge in [0.25, 0.3) is 5.91 Å². The molecule has 7 heteroatoms. The highest BCUT2D eigenvalue weighted by Crippen LogP contribution is 2.40. The molecule has 3 aromatic heterocycles. The number of esters is 1. The predicted molar refractivity (Wildman–Crippen MR) is 139 cm³/mol. The number of aromatic nitrogens is 1. The number of hydrogen-bond acceptors (Lipinski definition) is 6. The van der Waals surface area contributed by atoms with Crippen molar-refractivity contribution in [2.45, 2.75) is 39.5 Å². The van der Waals surface area contributed by atoms with Crippen molar-refractivity contribution in [3.05, 3.63) is 69.4 Å². The number of carbonyl (C=O) groups is 2. The topological polar surface area (TPSA) is 68.3 Å². The van der Waals surface area contributed by atoms with E-state index in [1.54, 1.807) is 11.3 Å². The zero-order valence-electron chi connectivity index (χ0n) is 19.2. The molecule has 4 aromatic rings. The standard InChI is InChI=1S/C27H26N2O3S2/c1-3-12-32-27(31)24-18-11-10-16(2)14-23(18)34-26(24)29-25(30)19-15-21(22-9-6-13-33-22)28-20-8-5-4-7-17(19)20/h4-9,13,15-16H,3,10-12,14H2,1-2H3,(H,29,30). The number of benzene rings is 1. The Labute approximate surface area is 206 Å². The van der Waals surface area contributed by atoms with Gasteiger partial charge in [-0.05, 0) is 60.7 Å². The van der Waals surface area contributed by atoms with Gasteiger partial charge in [-0.1, -0.05) is 38.1 Å². The van der Waals surface area contributed by atoms with E-state index in [0.29, 0.717) is 28.7 Å². The van der Waals surface area contributed by atoms with Crippen LogP contribution in [0.1, 0.15) is 57.8 Å². The summed E-state index contributed by atoms with van der Waals surface area (Å²) in [6, 6.07) is 13.5. The van der Waals surface area contributed by atoms with Crippen LogP contribution >= 0.6 is 22.7 Å². The van der Waals surface area contributed by atoms with E-state index in [9.17, 15) is 9.59 Å². The van der Waals surface area contributed by atoms with Crippen LogP contribution in [-0.2, 0) is 17.6 Å². The molecule has 0 bridgehead atoms. The third-order valence-electron chi connectivity index (χ3n) is 6.11. The summed E-state index contributed by atoms with van der Waals surface area (Å²) in [7, 11) is 0. The molecule has 1 unspecified atom stereocenters. The fraction of sp³-hybridized carbons (Fsp3) is 0.296. The van der Waals surface area contributed by atoms with Gasteiger partial charge in [0.05, 0.1) is 33.8 Å². The van der Waals surface area contributed by atoms with Crippen LogP contribution in [0.5, 0.6) is 0 Å². The first-order chi connectivity index (χ1) is 16.5. The van der Waals surface area contributed by atoms with Crippen LogP contribution in [0.2, 0.25) is 0 Å². The summed E-state index contributed by atoms with van der Waals surface area (Å²) in [4.78, 5) is 33.6. The van der Waals surface area contributed by atoms with Crippen LogP contribution in [0, 0.1) is 5.92 Å². The number of para-hydroxylation sites is 1. The number of hydrogen-bond donors (Lipinski definition) is 1. The van der Waals surface area contributed by atoms with Crippen molar-refractivity contribution in [2.75, 3.05) is 11.9 Å². The normalized spacial score (nSPS) is 15.2. The van der Waals surface area contributed by atoms with Gasteiger partial charge < -0.3 is 10.1 Å². The maximum absolute atomic E-state index is 13.6. The number of rotatable bonds is 6. The lowest BCUT2D eigenvalue weighted by Crippen LogP contribution is -2.17. The summed E-state index contributed by atoms with van der Waals surface area (Å²) in [6.07, 6.45) is 3.54. The maximum atomic E-state index is 13.6. The molecule has 1 aromatic carbocycles. The number of ether oxygens (including phenoxy) is 1. The van der Waals surface area contributed by atoms with Gasteiger partial charge in [-0.25, -0.2) is 9.78 Å². The van der Waals surface area contributed by atoms with E-state index >= 15 is 0 Å². The number of nitrogens with zero attached hydrogens (tertiary/aromatic N) is 1. The Bertz CT molecular complexity index is 1360. The lowest BCUT2D eigenvalue weighted by molar-refractivity contribution is 0.0505. The molecule has 5 nitrogen and oxygen atoms in total. The SMILES string of the molecule is CCCOC(=O)c1c(NC(=O)c2cc(-c3cccs3)nc3ccccc23)sc2c1CCC(C)C2. The van der Waals surface area contributed by atoms with E-state index in [-0.39, 0.29) is 11.9 Å². The molecule has 0 fully saturated rings. The van der Waals surface area contributed by atoms with Gasteiger partial charge in [-0.2, -0.15) is 0 Å². The van der Waals surface area contributed by atoms with Gasteiger partial charge >= 0.3 is 5.97 Å². The summed E-state index contributed by atoms with van der Waals surface area (Å²) in [5.74, 6) is -0.0256. The minimum atomic E-state index is -0.344. The Morgan fingerprint density at radius 1 is 1.21 bits per heavy atom. The first kappa shape index (κ1) is 22.7. The zero-order valence-corrected chi connectivity index (χ0v) is 20.9. The van der Waals surface area contributed by atoms with Gasteiger partial charge in [0.2, 0.25) is 0 Å². The fourth-order valence-electron chi connectivity index (χ4n) is 4.41. The number of nitrogens with one attached hydrogen (secondary N) is 1. The Hall–Kier alpha value is -3.03. The van der Waals surface area contributed by atoms with Crippen LogP contribution in [0.4, 0.5) is 5.00 Å². The molecule has 5 rings (SSSR count). The number of fused-ring (bicyclic) bond motifs is 2. The molecule has 1 aliphatic carbocycles. The van der Waals surface area contributed by atoms with Crippen molar-refractivity contribution in [1.82, 2.24) is 4.98 Å². The van der Waals surface area contributed by atoms with Crippen molar-refractivity contribution in [2.24, 2.45) is 5.92 Å². The summed E-state index contributed by atoms with van der Waals surface area (Å²) >= 11 is 3.10. The summed E-state index contributed by atoms with van der Waals surface area (Å²) in [6.45, 7) is 4.57. The second-order valence-electron chi connectivity index (χ2n) is 8.70. The van der Waals surface area contributed by atoms with Gasteiger partial charge in [0, 0.05) is 10.3 Å². The largest absolute Gasteiger partial charge is 0.462 e. The highest BCUT2D eigenvalue weighted by atomic mass is 32.1. The van der Waals surface area contributed by atoms with Crippen LogP contribution in [0.25, 0.3) is 21.5 Å². The van der Waals surface area contributed by atoms with Crippen molar-refractivity contribution in [3.8, 4) is 10.6 Å². The van der Waals surface area contributed by atoms with Gasteiger partial charge in [0.1, 0.15) is 5.00 Å². The Morgan fingerprint density at radius 3 is 2.85 bits per heavy atom. The number of anilines is 1. The highest BCUT2D eigenvalue weighted by molar-refractivity contribution is 7.17. The van der Waals surface area contributed by atoms with Crippen molar-refractivity contribution in [3.63, 3.8) is 0 Å². The van der Waals surface area contributed by atoms with E-state index in [2.05, 4.69) is 12.2 Å². The Kier molecular flexibility index (Phi) is 6.48.